The molecule has 134 valence electrons. The number of aryl methyl sites for hydroxylation is 2. The first-order valence-electron chi connectivity index (χ1n) is 8.71. The summed E-state index contributed by atoms with van der Waals surface area (Å²) < 4.78 is 16.0. The Kier molecular flexibility index (Phi) is 6.08. The first-order valence-corrected chi connectivity index (χ1v) is 8.71. The van der Waals surface area contributed by atoms with E-state index in [4.69, 9.17) is 13.9 Å². The lowest BCUT2D eigenvalue weighted by molar-refractivity contribution is -0.159. The molecule has 3 atom stereocenters. The van der Waals surface area contributed by atoms with E-state index in [0.29, 0.717) is 34.8 Å². The molecule has 2 rings (SSSR count). The van der Waals surface area contributed by atoms with Crippen LogP contribution in [-0.2, 0) is 14.3 Å². The van der Waals surface area contributed by atoms with E-state index in [-0.39, 0.29) is 12.7 Å². The van der Waals surface area contributed by atoms with Crippen LogP contribution in [0.25, 0.3) is 0 Å². The predicted octanol–water partition coefficient (Wildman–Crippen LogP) is 4.06. The third-order valence-corrected chi connectivity index (χ3v) is 4.83. The van der Waals surface area contributed by atoms with E-state index in [1.165, 1.54) is 6.42 Å². The molecule has 0 aromatic carbocycles. The van der Waals surface area contributed by atoms with Crippen molar-refractivity contribution < 1.29 is 23.5 Å². The van der Waals surface area contributed by atoms with Crippen LogP contribution in [0.15, 0.2) is 10.5 Å². The van der Waals surface area contributed by atoms with Crippen molar-refractivity contribution in [3.05, 3.63) is 23.2 Å². The summed E-state index contributed by atoms with van der Waals surface area (Å²) in [6, 6.07) is 1.61. The number of hydrogen-bond donors (Lipinski definition) is 0. The van der Waals surface area contributed by atoms with Crippen LogP contribution in [0.3, 0.4) is 0 Å². The molecule has 5 nitrogen and oxygen atoms in total. The van der Waals surface area contributed by atoms with E-state index in [1.807, 2.05) is 0 Å². The smallest absolute Gasteiger partial charge is 0.344 e. The average molecular weight is 336 g/mol. The van der Waals surface area contributed by atoms with Gasteiger partial charge in [0, 0.05) is 0 Å². The lowest BCUT2D eigenvalue weighted by Crippen LogP contribution is -2.36. The van der Waals surface area contributed by atoms with Gasteiger partial charge in [0.2, 0.25) is 0 Å². The van der Waals surface area contributed by atoms with Crippen molar-refractivity contribution in [2.75, 3.05) is 6.61 Å². The second kappa shape index (κ2) is 7.86. The summed E-state index contributed by atoms with van der Waals surface area (Å²) in [5, 5.41) is 0. The Hall–Kier alpha value is -1.78. The predicted molar refractivity (Wildman–Crippen MR) is 89.7 cm³/mol. The summed E-state index contributed by atoms with van der Waals surface area (Å²) in [6.45, 7) is 9.59. The Morgan fingerprint density at radius 3 is 2.58 bits per heavy atom. The summed E-state index contributed by atoms with van der Waals surface area (Å²) >= 11 is 0. The number of hydrogen-bond acceptors (Lipinski definition) is 5. The van der Waals surface area contributed by atoms with Gasteiger partial charge in [0.15, 0.2) is 6.61 Å². The minimum Gasteiger partial charge on any atom is -0.466 e. The van der Waals surface area contributed by atoms with Crippen molar-refractivity contribution in [3.63, 3.8) is 0 Å². The normalized spacial score (nSPS) is 24.0. The topological polar surface area (TPSA) is 65.7 Å². The van der Waals surface area contributed by atoms with Gasteiger partial charge >= 0.3 is 11.9 Å². The maximum absolute atomic E-state index is 12.1. The summed E-state index contributed by atoms with van der Waals surface area (Å²) in [6.07, 6.45) is 3.04. The molecular weight excluding hydrogens is 308 g/mol. The molecule has 0 unspecified atom stereocenters. The number of ether oxygens (including phenoxy) is 2. The lowest BCUT2D eigenvalue weighted by Gasteiger charge is -2.36. The molecule has 1 heterocycles. The Morgan fingerprint density at radius 2 is 2.00 bits per heavy atom. The SMILES string of the molecule is Cc1cc(C(=O)OCC(=O)O[C@@H]2C[C@@H](C)CC[C@H]2C(C)C)c(C)o1. The molecule has 1 aromatic rings. The molecule has 0 bridgehead atoms. The van der Waals surface area contributed by atoms with Gasteiger partial charge in [-0.2, -0.15) is 0 Å². The van der Waals surface area contributed by atoms with Gasteiger partial charge in [-0.3, -0.25) is 0 Å². The van der Waals surface area contributed by atoms with Crippen LogP contribution in [0.2, 0.25) is 0 Å². The third-order valence-electron chi connectivity index (χ3n) is 4.83. The maximum atomic E-state index is 12.1. The molecule has 1 fully saturated rings. The van der Waals surface area contributed by atoms with Crippen molar-refractivity contribution in [2.45, 2.75) is 60.0 Å². The van der Waals surface area contributed by atoms with Crippen molar-refractivity contribution in [1.82, 2.24) is 0 Å². The molecule has 1 aliphatic rings. The summed E-state index contributed by atoms with van der Waals surface area (Å²) in [4.78, 5) is 24.1. The molecule has 0 amide bonds. The Morgan fingerprint density at radius 1 is 1.29 bits per heavy atom. The zero-order chi connectivity index (χ0) is 17.9. The Balaban J connectivity index is 1.88. The highest BCUT2D eigenvalue weighted by atomic mass is 16.6. The fraction of sp³-hybridized carbons (Fsp3) is 0.684. The molecule has 0 N–H and O–H groups in total. The van der Waals surface area contributed by atoms with Crippen molar-refractivity contribution in [1.29, 1.82) is 0 Å². The number of carbonyl (C=O) groups is 2. The van der Waals surface area contributed by atoms with E-state index in [9.17, 15) is 9.59 Å². The van der Waals surface area contributed by atoms with Gasteiger partial charge in [0.1, 0.15) is 23.2 Å². The number of rotatable bonds is 5. The van der Waals surface area contributed by atoms with Crippen LogP contribution in [-0.4, -0.2) is 24.6 Å². The van der Waals surface area contributed by atoms with Crippen LogP contribution in [0.5, 0.6) is 0 Å². The highest BCUT2D eigenvalue weighted by Crippen LogP contribution is 2.35. The monoisotopic (exact) mass is 336 g/mol. The van der Waals surface area contributed by atoms with E-state index in [2.05, 4.69) is 20.8 Å². The largest absolute Gasteiger partial charge is 0.466 e. The van der Waals surface area contributed by atoms with E-state index >= 15 is 0 Å². The molecule has 1 saturated carbocycles. The lowest BCUT2D eigenvalue weighted by atomic mass is 9.75. The van der Waals surface area contributed by atoms with Gasteiger partial charge in [0.05, 0.1) is 0 Å². The minimum atomic E-state index is -0.557. The molecule has 1 aliphatic carbocycles. The number of esters is 2. The number of carbonyl (C=O) groups excluding carboxylic acids is 2. The second-order valence-corrected chi connectivity index (χ2v) is 7.26. The van der Waals surface area contributed by atoms with E-state index < -0.39 is 11.9 Å². The Labute approximate surface area is 143 Å². The van der Waals surface area contributed by atoms with Gasteiger partial charge in [-0.1, -0.05) is 27.2 Å². The van der Waals surface area contributed by atoms with Gasteiger partial charge < -0.3 is 13.9 Å². The maximum Gasteiger partial charge on any atom is 0.344 e. The van der Waals surface area contributed by atoms with E-state index in [0.717, 1.165) is 12.8 Å². The molecule has 1 aromatic heterocycles. The van der Waals surface area contributed by atoms with Gasteiger partial charge in [-0.25, -0.2) is 9.59 Å². The summed E-state index contributed by atoms with van der Waals surface area (Å²) in [7, 11) is 0. The van der Waals surface area contributed by atoms with Crippen molar-refractivity contribution in [2.24, 2.45) is 17.8 Å². The van der Waals surface area contributed by atoms with Crippen LogP contribution in [0.4, 0.5) is 0 Å². The molecule has 24 heavy (non-hydrogen) atoms. The molecule has 0 spiro atoms. The summed E-state index contributed by atoms with van der Waals surface area (Å²) in [5.74, 6) is 1.49. The van der Waals surface area contributed by atoms with Crippen molar-refractivity contribution in [3.8, 4) is 0 Å². The average Bonchev–Trinajstić information content (AvgIpc) is 2.83. The summed E-state index contributed by atoms with van der Waals surface area (Å²) in [5.41, 5.74) is 0.353. The van der Waals surface area contributed by atoms with Crippen LogP contribution in [0, 0.1) is 31.6 Å². The van der Waals surface area contributed by atoms with E-state index in [1.54, 1.807) is 19.9 Å². The molecule has 0 radical (unpaired) electrons. The molecule has 5 heteroatoms. The van der Waals surface area contributed by atoms with Gasteiger partial charge in [0.25, 0.3) is 0 Å². The van der Waals surface area contributed by atoms with Crippen LogP contribution < -0.4 is 0 Å². The van der Waals surface area contributed by atoms with Gasteiger partial charge in [-0.05, 0) is 50.5 Å². The van der Waals surface area contributed by atoms with Crippen LogP contribution >= 0.6 is 0 Å². The zero-order valence-electron chi connectivity index (χ0n) is 15.3. The molecular formula is C19H28O5. The molecule has 0 aliphatic heterocycles. The second-order valence-electron chi connectivity index (χ2n) is 7.26. The van der Waals surface area contributed by atoms with Crippen molar-refractivity contribution >= 4 is 11.9 Å². The molecule has 0 saturated heterocycles. The fourth-order valence-electron chi connectivity index (χ4n) is 3.49. The first kappa shape index (κ1) is 18.6. The highest BCUT2D eigenvalue weighted by Gasteiger charge is 2.33. The highest BCUT2D eigenvalue weighted by molar-refractivity contribution is 5.91. The number of furan rings is 1. The third kappa shape index (κ3) is 4.62. The van der Waals surface area contributed by atoms with Crippen LogP contribution in [0.1, 0.15) is 61.9 Å². The fourth-order valence-corrected chi connectivity index (χ4v) is 3.49. The van der Waals surface area contributed by atoms with Gasteiger partial charge in [-0.15, -0.1) is 0 Å². The minimum absolute atomic E-state index is 0.0853. The zero-order valence-corrected chi connectivity index (χ0v) is 15.3. The Bertz CT molecular complexity index is 587. The quantitative estimate of drug-likeness (QED) is 0.759. The first-order chi connectivity index (χ1) is 11.3. The standard InChI is InChI=1S/C19H28O5/c1-11(2)15-7-6-12(3)8-17(15)24-18(20)10-22-19(21)16-9-13(4)23-14(16)5/h9,11-12,15,17H,6-8,10H2,1-5H3/t12-,15-,17+/m0/s1.